The third-order valence-corrected chi connectivity index (χ3v) is 3.93. The molecule has 0 atom stereocenters. The molecule has 0 aliphatic heterocycles. The van der Waals surface area contributed by atoms with E-state index < -0.39 is 17.7 Å². The molecular formula is C15H23N3O4S. The van der Waals surface area contributed by atoms with Crippen LogP contribution in [0.3, 0.4) is 0 Å². The van der Waals surface area contributed by atoms with Crippen molar-refractivity contribution in [3.63, 3.8) is 0 Å². The number of carbonyl (C=O) groups is 2. The van der Waals surface area contributed by atoms with E-state index in [0.717, 1.165) is 0 Å². The summed E-state index contributed by atoms with van der Waals surface area (Å²) in [7, 11) is 0. The largest absolute Gasteiger partial charge is 0.462 e. The Hall–Kier alpha value is -2.09. The Kier molecular flexibility index (Phi) is 6.14. The average molecular weight is 341 g/mol. The standard InChI is InChI=1S/C15H23N3O4S/c1-7-21-13(19)10-8(2)11(23-12(10)16)9(3)17-18-14(20)22-15(4,5)6/h7,16H2,1-6H3,(H,18,20)/b17-9-. The van der Waals surface area contributed by atoms with E-state index in [1.54, 1.807) is 41.5 Å². The first-order valence-corrected chi connectivity index (χ1v) is 7.98. The maximum atomic E-state index is 11.9. The first-order valence-electron chi connectivity index (χ1n) is 7.16. The molecule has 23 heavy (non-hydrogen) atoms. The van der Waals surface area contributed by atoms with Gasteiger partial charge in [0.2, 0.25) is 0 Å². The van der Waals surface area contributed by atoms with Gasteiger partial charge in [-0.05, 0) is 47.1 Å². The summed E-state index contributed by atoms with van der Waals surface area (Å²) in [5.41, 5.74) is 9.18. The van der Waals surface area contributed by atoms with Crippen molar-refractivity contribution < 1.29 is 19.1 Å². The fourth-order valence-electron chi connectivity index (χ4n) is 1.82. The zero-order chi connectivity index (χ0) is 17.8. The molecule has 0 unspecified atom stereocenters. The molecule has 1 aromatic rings. The van der Waals surface area contributed by atoms with Crippen molar-refractivity contribution in [2.45, 2.75) is 47.1 Å². The van der Waals surface area contributed by atoms with Crippen LogP contribution in [0.1, 0.15) is 55.4 Å². The number of nitrogens with two attached hydrogens (primary N) is 1. The molecule has 0 radical (unpaired) electrons. The zero-order valence-corrected chi connectivity index (χ0v) is 15.1. The number of ether oxygens (including phenoxy) is 2. The van der Waals surface area contributed by atoms with Crippen molar-refractivity contribution >= 4 is 34.1 Å². The molecule has 0 aliphatic carbocycles. The van der Waals surface area contributed by atoms with Gasteiger partial charge in [-0.1, -0.05) is 0 Å². The minimum absolute atomic E-state index is 0.274. The number of esters is 1. The number of hydrogen-bond acceptors (Lipinski definition) is 7. The van der Waals surface area contributed by atoms with E-state index >= 15 is 0 Å². The van der Waals surface area contributed by atoms with Gasteiger partial charge >= 0.3 is 12.1 Å². The monoisotopic (exact) mass is 341 g/mol. The molecule has 7 nitrogen and oxygen atoms in total. The molecule has 1 aromatic heterocycles. The average Bonchev–Trinajstić information content (AvgIpc) is 2.69. The molecule has 0 saturated heterocycles. The van der Waals surface area contributed by atoms with Crippen molar-refractivity contribution in [3.8, 4) is 0 Å². The van der Waals surface area contributed by atoms with Crippen LogP contribution in [0.25, 0.3) is 0 Å². The summed E-state index contributed by atoms with van der Waals surface area (Å²) in [6, 6.07) is 0. The Morgan fingerprint density at radius 2 is 1.96 bits per heavy atom. The van der Waals surface area contributed by atoms with Gasteiger partial charge in [0, 0.05) is 0 Å². The molecule has 0 spiro atoms. The predicted octanol–water partition coefficient (Wildman–Crippen LogP) is 3.06. The van der Waals surface area contributed by atoms with Crippen LogP contribution in [-0.4, -0.2) is 30.0 Å². The summed E-state index contributed by atoms with van der Waals surface area (Å²) in [6.07, 6.45) is -0.648. The van der Waals surface area contributed by atoms with E-state index in [9.17, 15) is 9.59 Å². The second-order valence-electron chi connectivity index (χ2n) is 5.83. The number of amides is 1. The number of hydrazone groups is 1. The van der Waals surface area contributed by atoms with Crippen molar-refractivity contribution in [3.05, 3.63) is 16.0 Å². The van der Waals surface area contributed by atoms with Crippen LogP contribution in [0.2, 0.25) is 0 Å². The summed E-state index contributed by atoms with van der Waals surface area (Å²) in [6.45, 7) is 10.8. The number of hydrogen-bond donors (Lipinski definition) is 2. The number of thiophene rings is 1. The SMILES string of the molecule is CCOC(=O)c1c(N)sc(/C(C)=N\NC(=O)OC(C)(C)C)c1C. The van der Waals surface area contributed by atoms with Crippen molar-refractivity contribution in [1.82, 2.24) is 5.43 Å². The first-order chi connectivity index (χ1) is 10.6. The van der Waals surface area contributed by atoms with Gasteiger partial charge in [-0.2, -0.15) is 5.10 Å². The van der Waals surface area contributed by atoms with Crippen LogP contribution in [0.4, 0.5) is 9.80 Å². The Labute approximate surface area is 139 Å². The predicted molar refractivity (Wildman–Crippen MR) is 91.0 cm³/mol. The van der Waals surface area contributed by atoms with Crippen molar-refractivity contribution in [2.75, 3.05) is 12.3 Å². The molecule has 1 amide bonds. The van der Waals surface area contributed by atoms with Crippen LogP contribution in [0, 0.1) is 6.92 Å². The highest BCUT2D eigenvalue weighted by atomic mass is 32.1. The molecule has 8 heteroatoms. The van der Waals surface area contributed by atoms with E-state index in [1.807, 2.05) is 0 Å². The highest BCUT2D eigenvalue weighted by Crippen LogP contribution is 2.31. The summed E-state index contributed by atoms with van der Waals surface area (Å²) in [4.78, 5) is 24.2. The summed E-state index contributed by atoms with van der Waals surface area (Å²) >= 11 is 1.22. The van der Waals surface area contributed by atoms with E-state index in [-0.39, 0.29) is 6.61 Å². The second-order valence-corrected chi connectivity index (χ2v) is 6.88. The molecule has 0 aliphatic rings. The quantitative estimate of drug-likeness (QED) is 0.498. The van der Waals surface area contributed by atoms with Crippen LogP contribution < -0.4 is 11.2 Å². The molecule has 0 aromatic carbocycles. The normalized spacial score (nSPS) is 12.0. The summed E-state index contributed by atoms with van der Waals surface area (Å²) in [5, 5.41) is 4.36. The topological polar surface area (TPSA) is 103 Å². The molecule has 0 saturated carbocycles. The Morgan fingerprint density at radius 1 is 1.35 bits per heavy atom. The lowest BCUT2D eigenvalue weighted by atomic mass is 10.1. The number of anilines is 1. The molecule has 1 heterocycles. The fourth-order valence-corrected chi connectivity index (χ4v) is 2.83. The summed E-state index contributed by atoms with van der Waals surface area (Å²) < 4.78 is 10.1. The van der Waals surface area contributed by atoms with Crippen molar-refractivity contribution in [1.29, 1.82) is 0 Å². The van der Waals surface area contributed by atoms with Gasteiger partial charge in [-0.25, -0.2) is 15.0 Å². The fraction of sp³-hybridized carbons (Fsp3) is 0.533. The molecule has 0 fully saturated rings. The minimum Gasteiger partial charge on any atom is -0.462 e. The van der Waals surface area contributed by atoms with Gasteiger partial charge in [0.15, 0.2) is 0 Å². The maximum absolute atomic E-state index is 11.9. The molecular weight excluding hydrogens is 318 g/mol. The molecule has 128 valence electrons. The Morgan fingerprint density at radius 3 is 2.48 bits per heavy atom. The third-order valence-electron chi connectivity index (χ3n) is 2.70. The third kappa shape index (κ3) is 5.24. The van der Waals surface area contributed by atoms with Gasteiger partial charge in [0.1, 0.15) is 10.6 Å². The summed E-state index contributed by atoms with van der Waals surface area (Å²) in [5.74, 6) is -0.460. The first kappa shape index (κ1) is 19.0. The maximum Gasteiger partial charge on any atom is 0.428 e. The van der Waals surface area contributed by atoms with Gasteiger partial charge in [0.25, 0.3) is 0 Å². The lowest BCUT2D eigenvalue weighted by molar-refractivity contribution is 0.0517. The van der Waals surface area contributed by atoms with E-state index in [0.29, 0.717) is 26.7 Å². The van der Waals surface area contributed by atoms with E-state index in [4.69, 9.17) is 15.2 Å². The smallest absolute Gasteiger partial charge is 0.428 e. The zero-order valence-electron chi connectivity index (χ0n) is 14.3. The number of rotatable bonds is 4. The molecule has 1 rings (SSSR count). The number of carbonyl (C=O) groups excluding carboxylic acids is 2. The van der Waals surface area contributed by atoms with Gasteiger partial charge < -0.3 is 15.2 Å². The lowest BCUT2D eigenvalue weighted by Gasteiger charge is -2.18. The Balaban J connectivity index is 2.94. The number of nitrogen functional groups attached to an aromatic ring is 1. The lowest BCUT2D eigenvalue weighted by Crippen LogP contribution is -2.30. The minimum atomic E-state index is -0.648. The van der Waals surface area contributed by atoms with Crippen LogP contribution >= 0.6 is 11.3 Å². The van der Waals surface area contributed by atoms with Crippen LogP contribution in [0.5, 0.6) is 0 Å². The Bertz CT molecular complexity index is 629. The van der Waals surface area contributed by atoms with Crippen LogP contribution in [0.15, 0.2) is 5.10 Å². The second kappa shape index (κ2) is 7.45. The van der Waals surface area contributed by atoms with Gasteiger partial charge in [-0.15, -0.1) is 11.3 Å². The number of nitrogens with zero attached hydrogens (tertiary/aromatic N) is 1. The van der Waals surface area contributed by atoms with Crippen molar-refractivity contribution in [2.24, 2.45) is 5.10 Å². The van der Waals surface area contributed by atoms with Crippen LogP contribution in [-0.2, 0) is 9.47 Å². The highest BCUT2D eigenvalue weighted by molar-refractivity contribution is 7.18. The van der Waals surface area contributed by atoms with Gasteiger partial charge in [-0.3, -0.25) is 0 Å². The van der Waals surface area contributed by atoms with E-state index in [1.165, 1.54) is 11.3 Å². The molecule has 3 N–H and O–H groups in total. The van der Waals surface area contributed by atoms with E-state index in [2.05, 4.69) is 10.5 Å². The molecule has 0 bridgehead atoms. The van der Waals surface area contributed by atoms with Gasteiger partial charge in [0.05, 0.1) is 22.8 Å². The number of nitrogens with one attached hydrogen (secondary N) is 1. The highest BCUT2D eigenvalue weighted by Gasteiger charge is 2.22.